The first-order chi connectivity index (χ1) is 23.2. The van der Waals surface area contributed by atoms with Crippen LogP contribution in [0.1, 0.15) is 163 Å². The molecule has 1 amide bonds. The number of hydrogen-bond donors (Lipinski definition) is 2. The monoisotopic (exact) mass is 662 g/mol. The minimum atomic E-state index is -0.887. The Labute approximate surface area is 294 Å². The zero-order valence-corrected chi connectivity index (χ0v) is 31.3. The summed E-state index contributed by atoms with van der Waals surface area (Å²) >= 11 is 0. The van der Waals surface area contributed by atoms with E-state index in [0.717, 1.165) is 55.8 Å². The summed E-state index contributed by atoms with van der Waals surface area (Å²) in [5, 5.41) is 13.0. The third kappa shape index (κ3) is 10.2. The number of carboxylic acid groups (broad SMARTS) is 1. The van der Waals surface area contributed by atoms with Crippen molar-refractivity contribution in [3.8, 4) is 0 Å². The molecule has 9 atom stereocenters. The van der Waals surface area contributed by atoms with Crippen molar-refractivity contribution in [3.05, 3.63) is 48.6 Å². The average Bonchev–Trinajstić information content (AvgIpc) is 3.43. The third-order valence-corrected chi connectivity index (χ3v) is 13.8. The molecule has 0 spiro atoms. The molecule has 0 aromatic heterocycles. The predicted octanol–water partition coefficient (Wildman–Crippen LogP) is 11.8. The van der Waals surface area contributed by atoms with Gasteiger partial charge in [-0.05, 0) is 149 Å². The summed E-state index contributed by atoms with van der Waals surface area (Å²) in [5.41, 5.74) is 0.870. The molecule has 0 saturated heterocycles. The Hall–Kier alpha value is -2.10. The molecular weight excluding hydrogens is 590 g/mol. The van der Waals surface area contributed by atoms with Gasteiger partial charge < -0.3 is 10.4 Å². The summed E-state index contributed by atoms with van der Waals surface area (Å²) in [6.07, 6.45) is 42.0. The molecule has 4 saturated carbocycles. The fourth-order valence-electron chi connectivity index (χ4n) is 11.2. The van der Waals surface area contributed by atoms with Crippen LogP contribution in [-0.2, 0) is 9.59 Å². The molecule has 48 heavy (non-hydrogen) atoms. The SMILES string of the molecule is CCCCC/C=C\C/C=C\C/C=C\C/C=C\CCCC(=O)NC(C[C@@H](C)[C@H]1CC[C@H]2[C@@H]3CCC4CCCC[C@]4(C)[C@H]3CC[C@]12C)C(=O)O. The van der Waals surface area contributed by atoms with Gasteiger partial charge in [0, 0.05) is 6.42 Å². The van der Waals surface area contributed by atoms with E-state index in [1.807, 2.05) is 0 Å². The largest absolute Gasteiger partial charge is 0.480 e. The minimum absolute atomic E-state index is 0.126. The molecule has 0 heterocycles. The summed E-state index contributed by atoms with van der Waals surface area (Å²) in [5.74, 6) is 3.33. The number of fused-ring (bicyclic) bond motifs is 5. The Bertz CT molecular complexity index is 1120. The van der Waals surface area contributed by atoms with Crippen molar-refractivity contribution in [2.45, 2.75) is 169 Å². The minimum Gasteiger partial charge on any atom is -0.480 e. The number of unbranched alkanes of at least 4 members (excludes halogenated alkanes) is 4. The molecule has 0 bridgehead atoms. The van der Waals surface area contributed by atoms with E-state index < -0.39 is 12.0 Å². The number of aliphatic carboxylic acids is 1. The molecule has 2 unspecified atom stereocenters. The van der Waals surface area contributed by atoms with Crippen molar-refractivity contribution >= 4 is 11.9 Å². The van der Waals surface area contributed by atoms with Gasteiger partial charge in [-0.2, -0.15) is 0 Å². The van der Waals surface area contributed by atoms with Gasteiger partial charge in [-0.25, -0.2) is 4.79 Å². The van der Waals surface area contributed by atoms with Crippen LogP contribution >= 0.6 is 0 Å². The lowest BCUT2D eigenvalue weighted by molar-refractivity contribution is -0.143. The lowest BCUT2D eigenvalue weighted by Crippen LogP contribution is -2.53. The Morgan fingerprint density at radius 1 is 0.750 bits per heavy atom. The van der Waals surface area contributed by atoms with Crippen LogP contribution in [0.2, 0.25) is 0 Å². The molecule has 4 aliphatic carbocycles. The van der Waals surface area contributed by atoms with Crippen LogP contribution in [0.4, 0.5) is 0 Å². The second-order valence-electron chi connectivity index (χ2n) is 16.8. The predicted molar refractivity (Wildman–Crippen MR) is 202 cm³/mol. The fraction of sp³-hybridized carbons (Fsp3) is 0.773. The number of hydrogen-bond acceptors (Lipinski definition) is 2. The molecule has 4 aliphatic rings. The van der Waals surface area contributed by atoms with Crippen molar-refractivity contribution < 1.29 is 14.7 Å². The van der Waals surface area contributed by atoms with Gasteiger partial charge in [0.25, 0.3) is 0 Å². The molecule has 4 heteroatoms. The van der Waals surface area contributed by atoms with Crippen molar-refractivity contribution in [2.75, 3.05) is 0 Å². The summed E-state index contributed by atoms with van der Waals surface area (Å²) in [4.78, 5) is 25.1. The smallest absolute Gasteiger partial charge is 0.326 e. The van der Waals surface area contributed by atoms with Gasteiger partial charge in [0.2, 0.25) is 5.91 Å². The van der Waals surface area contributed by atoms with Crippen LogP contribution in [0.25, 0.3) is 0 Å². The van der Waals surface area contributed by atoms with Crippen LogP contribution in [0, 0.1) is 46.3 Å². The first-order valence-corrected chi connectivity index (χ1v) is 20.3. The van der Waals surface area contributed by atoms with E-state index in [1.165, 1.54) is 89.9 Å². The second kappa shape index (κ2) is 19.3. The maximum Gasteiger partial charge on any atom is 0.326 e. The molecule has 270 valence electrons. The first kappa shape index (κ1) is 38.7. The molecule has 0 aromatic rings. The number of amides is 1. The Balaban J connectivity index is 1.14. The van der Waals surface area contributed by atoms with Crippen LogP contribution in [-0.4, -0.2) is 23.0 Å². The normalized spacial score (nSPS) is 33.2. The molecule has 2 N–H and O–H groups in total. The van der Waals surface area contributed by atoms with Crippen LogP contribution in [0.3, 0.4) is 0 Å². The quantitative estimate of drug-likeness (QED) is 0.107. The zero-order valence-electron chi connectivity index (χ0n) is 31.3. The molecule has 4 rings (SSSR count). The van der Waals surface area contributed by atoms with Gasteiger partial charge in [-0.1, -0.05) is 102 Å². The number of nitrogens with one attached hydrogen (secondary N) is 1. The van der Waals surface area contributed by atoms with E-state index in [9.17, 15) is 14.7 Å². The highest BCUT2D eigenvalue weighted by atomic mass is 16.4. The summed E-state index contributed by atoms with van der Waals surface area (Å²) in [7, 11) is 0. The van der Waals surface area contributed by atoms with Crippen LogP contribution < -0.4 is 5.32 Å². The Kier molecular flexibility index (Phi) is 15.6. The Morgan fingerprint density at radius 2 is 1.40 bits per heavy atom. The summed E-state index contributed by atoms with van der Waals surface area (Å²) in [6, 6.07) is -0.792. The van der Waals surface area contributed by atoms with Gasteiger partial charge in [0.15, 0.2) is 0 Å². The van der Waals surface area contributed by atoms with Crippen molar-refractivity contribution in [1.29, 1.82) is 0 Å². The standard InChI is InChI=1S/C44H71NO3/c1-5-6-7-8-9-10-11-12-13-14-15-16-17-18-19-20-21-25-41(46)45-40(42(47)48)33-34(2)37-28-29-38-36-27-26-35-24-22-23-31-43(35,3)39(36)30-32-44(37,38)4/h9-10,12-13,15-16,18-19,34-40H,5-8,11,14,17,20-33H2,1-4H3,(H,45,46)(H,47,48)/b10-9-,13-12-,16-15-,19-18-/t34-,35?,36+,37-,38+,39+,40?,43+,44-/m1/s1. The molecular formula is C44H71NO3. The highest BCUT2D eigenvalue weighted by Gasteiger charge is 2.60. The molecule has 4 nitrogen and oxygen atoms in total. The molecule has 0 radical (unpaired) electrons. The van der Waals surface area contributed by atoms with E-state index in [1.54, 1.807) is 0 Å². The van der Waals surface area contributed by atoms with Gasteiger partial charge in [-0.15, -0.1) is 0 Å². The topological polar surface area (TPSA) is 66.4 Å². The number of allylic oxidation sites excluding steroid dienone is 8. The lowest BCUT2D eigenvalue weighted by atomic mass is 9.44. The van der Waals surface area contributed by atoms with Gasteiger partial charge in [0.1, 0.15) is 6.04 Å². The van der Waals surface area contributed by atoms with Crippen molar-refractivity contribution in [2.24, 2.45) is 46.3 Å². The molecule has 0 aliphatic heterocycles. The van der Waals surface area contributed by atoms with Crippen molar-refractivity contribution in [3.63, 3.8) is 0 Å². The van der Waals surface area contributed by atoms with Crippen molar-refractivity contribution in [1.82, 2.24) is 5.32 Å². The van der Waals surface area contributed by atoms with Gasteiger partial charge >= 0.3 is 5.97 Å². The number of rotatable bonds is 19. The third-order valence-electron chi connectivity index (χ3n) is 13.8. The highest BCUT2D eigenvalue weighted by Crippen LogP contribution is 2.68. The average molecular weight is 662 g/mol. The van der Waals surface area contributed by atoms with E-state index in [-0.39, 0.29) is 5.91 Å². The van der Waals surface area contributed by atoms with Gasteiger partial charge in [0.05, 0.1) is 0 Å². The highest BCUT2D eigenvalue weighted by molar-refractivity contribution is 5.83. The molecule has 0 aromatic carbocycles. The van der Waals surface area contributed by atoms with Crippen LogP contribution in [0.15, 0.2) is 48.6 Å². The first-order valence-electron chi connectivity index (χ1n) is 20.3. The van der Waals surface area contributed by atoms with E-state index in [2.05, 4.69) is 81.6 Å². The number of carbonyl (C=O) groups is 2. The zero-order chi connectivity index (χ0) is 34.4. The second-order valence-corrected chi connectivity index (χ2v) is 16.8. The Morgan fingerprint density at radius 3 is 2.06 bits per heavy atom. The van der Waals surface area contributed by atoms with E-state index >= 15 is 0 Å². The summed E-state index contributed by atoms with van der Waals surface area (Å²) in [6.45, 7) is 9.72. The lowest BCUT2D eigenvalue weighted by Gasteiger charge is -2.61. The van der Waals surface area contributed by atoms with E-state index in [0.29, 0.717) is 35.5 Å². The maximum atomic E-state index is 12.8. The fourth-order valence-corrected chi connectivity index (χ4v) is 11.2. The van der Waals surface area contributed by atoms with Crippen LogP contribution in [0.5, 0.6) is 0 Å². The number of carboxylic acids is 1. The summed E-state index contributed by atoms with van der Waals surface area (Å²) < 4.78 is 0. The maximum absolute atomic E-state index is 12.8. The number of carbonyl (C=O) groups excluding carboxylic acids is 1. The van der Waals surface area contributed by atoms with E-state index in [4.69, 9.17) is 0 Å². The molecule has 4 fully saturated rings. The van der Waals surface area contributed by atoms with Gasteiger partial charge in [-0.3, -0.25) is 4.79 Å².